The van der Waals surface area contributed by atoms with Crippen LogP contribution < -0.4 is 11.1 Å². The first-order valence-electron chi connectivity index (χ1n) is 7.53. The third-order valence-corrected chi connectivity index (χ3v) is 5.76. The van der Waals surface area contributed by atoms with Gasteiger partial charge in [-0.1, -0.05) is 6.42 Å². The second kappa shape index (κ2) is 6.80. The van der Waals surface area contributed by atoms with E-state index in [1.54, 1.807) is 14.0 Å². The van der Waals surface area contributed by atoms with Gasteiger partial charge in [0.1, 0.15) is 10.6 Å². The summed E-state index contributed by atoms with van der Waals surface area (Å²) >= 11 is 0. The Morgan fingerprint density at radius 3 is 2.59 bits per heavy atom. The van der Waals surface area contributed by atoms with E-state index in [1.165, 1.54) is 21.1 Å². The molecule has 1 aromatic heterocycles. The Kier molecular flexibility index (Phi) is 5.25. The Hall–Kier alpha value is -1.38. The summed E-state index contributed by atoms with van der Waals surface area (Å²) in [4.78, 5) is 12.3. The molecule has 1 saturated heterocycles. The summed E-state index contributed by atoms with van der Waals surface area (Å²) in [7, 11) is -1.86. The molecule has 1 aromatic rings. The first-order valence-corrected chi connectivity index (χ1v) is 8.97. The molecule has 0 radical (unpaired) electrons. The number of rotatable bonds is 5. The first kappa shape index (κ1) is 17.0. The number of amides is 1. The fourth-order valence-corrected chi connectivity index (χ4v) is 4.10. The second-order valence-corrected chi connectivity index (χ2v) is 7.68. The number of carbonyl (C=O) groups is 1. The lowest BCUT2D eigenvalue weighted by Crippen LogP contribution is -2.38. The van der Waals surface area contributed by atoms with Crippen molar-refractivity contribution in [1.82, 2.24) is 14.2 Å². The summed E-state index contributed by atoms with van der Waals surface area (Å²) in [5.41, 5.74) is 5.80. The molecular weight excluding hydrogens is 304 g/mol. The van der Waals surface area contributed by atoms with Crippen LogP contribution in [0.1, 0.15) is 36.7 Å². The van der Waals surface area contributed by atoms with E-state index in [0.29, 0.717) is 25.3 Å². The number of sulfonamides is 1. The minimum Gasteiger partial charge on any atom is -0.347 e. The Morgan fingerprint density at radius 2 is 2.00 bits per heavy atom. The molecule has 22 heavy (non-hydrogen) atoms. The molecule has 0 bridgehead atoms. The van der Waals surface area contributed by atoms with E-state index in [1.807, 2.05) is 0 Å². The van der Waals surface area contributed by atoms with E-state index < -0.39 is 10.0 Å². The fourth-order valence-electron chi connectivity index (χ4n) is 2.51. The maximum atomic E-state index is 12.6. The standard InChI is InChI=1S/C14H24N4O3S/c1-11(9-15)16-14(19)13-8-12(10-17(13)2)22(20,21)18-6-4-3-5-7-18/h8,10-11H,3-7,9,15H2,1-2H3,(H,16,19)/t11-/m0/s1. The van der Waals surface area contributed by atoms with Crippen molar-refractivity contribution in [3.8, 4) is 0 Å². The molecule has 1 amide bonds. The minimum atomic E-state index is -3.52. The summed E-state index contributed by atoms with van der Waals surface area (Å²) < 4.78 is 28.3. The Labute approximate surface area is 131 Å². The predicted octanol–water partition coefficient (Wildman–Crippen LogP) is 0.277. The summed E-state index contributed by atoms with van der Waals surface area (Å²) in [6.07, 6.45) is 4.32. The topological polar surface area (TPSA) is 97.4 Å². The summed E-state index contributed by atoms with van der Waals surface area (Å²) in [5.74, 6) is -0.319. The molecule has 3 N–H and O–H groups in total. The van der Waals surface area contributed by atoms with Gasteiger partial charge in [0.2, 0.25) is 10.0 Å². The van der Waals surface area contributed by atoms with Gasteiger partial charge < -0.3 is 15.6 Å². The molecule has 0 aromatic carbocycles. The van der Waals surface area contributed by atoms with Crippen molar-refractivity contribution in [2.75, 3.05) is 19.6 Å². The van der Waals surface area contributed by atoms with Gasteiger partial charge in [-0.2, -0.15) is 4.31 Å². The van der Waals surface area contributed by atoms with Gasteiger partial charge in [-0.3, -0.25) is 4.79 Å². The molecular formula is C14H24N4O3S. The van der Waals surface area contributed by atoms with Gasteiger partial charge in [-0.15, -0.1) is 0 Å². The molecule has 1 aliphatic rings. The Bertz CT molecular complexity index is 633. The quantitative estimate of drug-likeness (QED) is 0.811. The monoisotopic (exact) mass is 328 g/mol. The number of hydrogen-bond donors (Lipinski definition) is 2. The summed E-state index contributed by atoms with van der Waals surface area (Å²) in [6.45, 7) is 3.22. The molecule has 0 saturated carbocycles. The molecule has 1 atom stereocenters. The minimum absolute atomic E-state index is 0.162. The smallest absolute Gasteiger partial charge is 0.268 e. The highest BCUT2D eigenvalue weighted by atomic mass is 32.2. The van der Waals surface area contributed by atoms with Gasteiger partial charge in [0.25, 0.3) is 5.91 Å². The van der Waals surface area contributed by atoms with Crippen molar-refractivity contribution in [3.05, 3.63) is 18.0 Å². The average Bonchev–Trinajstić information content (AvgIpc) is 2.90. The Balaban J connectivity index is 2.23. The van der Waals surface area contributed by atoms with Crippen molar-refractivity contribution >= 4 is 15.9 Å². The van der Waals surface area contributed by atoms with Gasteiger partial charge >= 0.3 is 0 Å². The number of aromatic nitrogens is 1. The molecule has 0 unspecified atom stereocenters. The highest BCUT2D eigenvalue weighted by molar-refractivity contribution is 7.89. The van der Waals surface area contributed by atoms with Crippen molar-refractivity contribution in [2.45, 2.75) is 37.1 Å². The van der Waals surface area contributed by atoms with Crippen molar-refractivity contribution in [3.63, 3.8) is 0 Å². The van der Waals surface area contributed by atoms with Crippen LogP contribution in [0.5, 0.6) is 0 Å². The van der Waals surface area contributed by atoms with E-state index in [-0.39, 0.29) is 16.8 Å². The zero-order chi connectivity index (χ0) is 16.3. The van der Waals surface area contributed by atoms with Crippen molar-refractivity contribution in [2.24, 2.45) is 12.8 Å². The lowest BCUT2D eigenvalue weighted by atomic mass is 10.2. The number of nitrogens with two attached hydrogens (primary N) is 1. The number of nitrogens with one attached hydrogen (secondary N) is 1. The second-order valence-electron chi connectivity index (χ2n) is 5.75. The van der Waals surface area contributed by atoms with E-state index in [2.05, 4.69) is 5.32 Å². The SMILES string of the molecule is C[C@@H](CN)NC(=O)c1cc(S(=O)(=O)N2CCCCC2)cn1C. The highest BCUT2D eigenvalue weighted by Crippen LogP contribution is 2.22. The van der Waals surface area contributed by atoms with Crippen LogP contribution in [0.25, 0.3) is 0 Å². The van der Waals surface area contributed by atoms with E-state index >= 15 is 0 Å². The Morgan fingerprint density at radius 1 is 1.36 bits per heavy atom. The van der Waals surface area contributed by atoms with Crippen LogP contribution in [-0.4, -0.2) is 48.9 Å². The van der Waals surface area contributed by atoms with Gasteiger partial charge in [-0.25, -0.2) is 8.42 Å². The largest absolute Gasteiger partial charge is 0.347 e. The molecule has 124 valence electrons. The van der Waals surface area contributed by atoms with Crippen molar-refractivity contribution in [1.29, 1.82) is 0 Å². The fraction of sp³-hybridized carbons (Fsp3) is 0.643. The normalized spacial score (nSPS) is 18.1. The zero-order valence-corrected chi connectivity index (χ0v) is 13.9. The van der Waals surface area contributed by atoms with Gasteiger partial charge in [0.05, 0.1) is 0 Å². The molecule has 1 fully saturated rings. The summed E-state index contributed by atoms with van der Waals surface area (Å²) in [6, 6.07) is 1.27. The van der Waals surface area contributed by atoms with Gasteiger partial charge in [-0.05, 0) is 25.8 Å². The van der Waals surface area contributed by atoms with Crippen LogP contribution in [0, 0.1) is 0 Å². The molecule has 0 spiro atoms. The lowest BCUT2D eigenvalue weighted by molar-refractivity contribution is 0.0933. The first-order chi connectivity index (χ1) is 10.4. The van der Waals surface area contributed by atoms with E-state index in [4.69, 9.17) is 5.73 Å². The maximum Gasteiger partial charge on any atom is 0.268 e. The maximum absolute atomic E-state index is 12.6. The van der Waals surface area contributed by atoms with Crippen LogP contribution in [0.3, 0.4) is 0 Å². The number of piperidine rings is 1. The number of hydrogen-bond acceptors (Lipinski definition) is 4. The number of carbonyl (C=O) groups excluding carboxylic acids is 1. The van der Waals surface area contributed by atoms with Gasteiger partial charge in [0, 0.05) is 38.9 Å². The zero-order valence-electron chi connectivity index (χ0n) is 13.1. The lowest BCUT2D eigenvalue weighted by Gasteiger charge is -2.25. The molecule has 1 aliphatic heterocycles. The van der Waals surface area contributed by atoms with Crippen molar-refractivity contribution < 1.29 is 13.2 Å². The van der Waals surface area contributed by atoms with Crippen LogP contribution in [0.2, 0.25) is 0 Å². The molecule has 8 heteroatoms. The van der Waals surface area contributed by atoms with E-state index in [9.17, 15) is 13.2 Å². The predicted molar refractivity (Wildman–Crippen MR) is 84.0 cm³/mol. The van der Waals surface area contributed by atoms with Gasteiger partial charge in [0.15, 0.2) is 0 Å². The molecule has 2 heterocycles. The molecule has 7 nitrogen and oxygen atoms in total. The summed E-state index contributed by atoms with van der Waals surface area (Å²) in [5, 5.41) is 2.74. The number of aryl methyl sites for hydroxylation is 1. The average molecular weight is 328 g/mol. The highest BCUT2D eigenvalue weighted by Gasteiger charge is 2.28. The van der Waals surface area contributed by atoms with Crippen LogP contribution in [0.4, 0.5) is 0 Å². The van der Waals surface area contributed by atoms with Crippen LogP contribution in [-0.2, 0) is 17.1 Å². The van der Waals surface area contributed by atoms with Crippen LogP contribution in [0.15, 0.2) is 17.2 Å². The third kappa shape index (κ3) is 3.50. The van der Waals surface area contributed by atoms with E-state index in [0.717, 1.165) is 19.3 Å². The number of nitrogens with zero attached hydrogens (tertiary/aromatic N) is 2. The van der Waals surface area contributed by atoms with Crippen LogP contribution >= 0.6 is 0 Å². The molecule has 2 rings (SSSR count). The molecule has 0 aliphatic carbocycles. The third-order valence-electron chi connectivity index (χ3n) is 3.90.